The van der Waals surface area contributed by atoms with Crippen LogP contribution in [0.3, 0.4) is 0 Å². The van der Waals surface area contributed by atoms with Crippen LogP contribution >= 0.6 is 0 Å². The maximum absolute atomic E-state index is 14.1. The van der Waals surface area contributed by atoms with E-state index in [1.807, 2.05) is 60.5 Å². The maximum atomic E-state index is 14.1. The molecule has 3 aliphatic heterocycles. The zero-order valence-corrected chi connectivity index (χ0v) is 37.5. The van der Waals surface area contributed by atoms with Crippen LogP contribution in [0, 0.1) is 5.92 Å². The number of carboxylic acid groups (broad SMARTS) is 1. The van der Waals surface area contributed by atoms with Gasteiger partial charge in [0.2, 0.25) is 5.91 Å². The van der Waals surface area contributed by atoms with Crippen LogP contribution in [0.1, 0.15) is 106 Å². The third-order valence-corrected chi connectivity index (χ3v) is 13.5. The molecule has 1 unspecified atom stereocenters. The fourth-order valence-electron chi connectivity index (χ4n) is 10.00. The molecule has 0 aliphatic carbocycles. The largest absolute Gasteiger partial charge is 0.487 e. The highest BCUT2D eigenvalue weighted by molar-refractivity contribution is 5.91. The number of imidazole rings is 2. The number of carbonyl (C=O) groups excluding carboxylic acids is 3. The number of unbranched alkanes of at least 4 members (excludes halogenated alkanes) is 1. The summed E-state index contributed by atoms with van der Waals surface area (Å²) < 4.78 is 11.2. The van der Waals surface area contributed by atoms with Gasteiger partial charge in [-0.3, -0.25) is 9.59 Å². The number of benzene rings is 4. The van der Waals surface area contributed by atoms with E-state index in [9.17, 15) is 24.3 Å². The fraction of sp³-hybridized carbons (Fsp3) is 0.373. The molecule has 2 fully saturated rings. The van der Waals surface area contributed by atoms with Crippen molar-refractivity contribution in [2.75, 3.05) is 20.2 Å². The van der Waals surface area contributed by atoms with Gasteiger partial charge in [-0.05, 0) is 89.8 Å². The molecule has 2 aromatic heterocycles. The number of aromatic nitrogens is 4. The second-order valence-electron chi connectivity index (χ2n) is 17.5. The summed E-state index contributed by atoms with van der Waals surface area (Å²) in [6.45, 7) is 5.51. The first-order valence-corrected chi connectivity index (χ1v) is 23.1. The molecule has 5 N–H and O–H groups in total. The lowest BCUT2D eigenvalue weighted by Crippen LogP contribution is -2.51. The number of rotatable bonds is 14. The summed E-state index contributed by atoms with van der Waals surface area (Å²) >= 11 is 0. The summed E-state index contributed by atoms with van der Waals surface area (Å²) in [5, 5.41) is 17.1. The predicted octanol–water partition coefficient (Wildman–Crippen LogP) is 9.46. The number of alkyl carbamates (subject to hydrolysis) is 1. The summed E-state index contributed by atoms with van der Waals surface area (Å²) in [5.41, 5.74) is 7.05. The molecule has 5 heterocycles. The summed E-state index contributed by atoms with van der Waals surface area (Å²) in [6.07, 6.45) is 6.44. The van der Waals surface area contributed by atoms with Gasteiger partial charge in [0.25, 0.3) is 5.91 Å². The van der Waals surface area contributed by atoms with E-state index in [4.69, 9.17) is 19.4 Å². The Morgan fingerprint density at radius 1 is 0.833 bits per heavy atom. The van der Waals surface area contributed by atoms with Crippen LogP contribution in [0.2, 0.25) is 0 Å². The van der Waals surface area contributed by atoms with Crippen molar-refractivity contribution >= 4 is 34.8 Å². The lowest BCUT2D eigenvalue weighted by molar-refractivity contribution is -0.136. The van der Waals surface area contributed by atoms with Gasteiger partial charge in [0.15, 0.2) is 0 Å². The standard InChI is InChI=1S/C51H56N8O7/c1-4-6-12-30(5-2)43(56-50(62)63)48(60)59-24-11-16-41(59)47-54-39-29-66-42-27-35(21-22-37(42)45(39)55-47)33-17-18-34-26-36(20-19-32(34)25-33)38-28-52-46(53-38)40-15-10-23-58(40)49(61)44(57-51(64)65-3)31-13-8-7-9-14-31/h7-9,13-14,17-22,25-28,30,40-41,43-44,56H,4-6,10-12,15-16,23-24,29H2,1-3H3,(H,52,53)(H,54,55)(H,57,64)(H,62,63)/t30?,40-,41-,43-,44+/m0/s1. The van der Waals surface area contributed by atoms with Crippen LogP contribution in [-0.4, -0.2) is 85.1 Å². The van der Waals surface area contributed by atoms with Crippen LogP contribution in [-0.2, 0) is 20.9 Å². The SMILES string of the molecule is CCCCC(CC)[C@H](NC(=O)O)C(=O)N1CCC[C@H]1c1nc2c([nH]1)COc1cc(-c3ccc4cc(-c5cnc([C@@H]6CCCN6C(=O)[C@H](NC(=O)OC)c6ccccc6)[nH]5)ccc4c3)ccc1-2. The molecule has 342 valence electrons. The van der Waals surface area contributed by atoms with Crippen molar-refractivity contribution in [3.8, 4) is 39.4 Å². The minimum absolute atomic E-state index is 0.0833. The van der Waals surface area contributed by atoms with Crippen LogP contribution < -0.4 is 15.4 Å². The van der Waals surface area contributed by atoms with Gasteiger partial charge in [0.05, 0.1) is 42.5 Å². The molecule has 0 spiro atoms. The second kappa shape index (κ2) is 19.1. The third-order valence-electron chi connectivity index (χ3n) is 13.5. The number of hydrogen-bond donors (Lipinski definition) is 5. The molecule has 9 rings (SSSR count). The lowest BCUT2D eigenvalue weighted by atomic mass is 9.90. The Morgan fingerprint density at radius 3 is 2.23 bits per heavy atom. The minimum Gasteiger partial charge on any atom is -0.487 e. The number of amides is 4. The van der Waals surface area contributed by atoms with E-state index in [1.54, 1.807) is 4.90 Å². The zero-order valence-electron chi connectivity index (χ0n) is 37.5. The Morgan fingerprint density at radius 2 is 1.52 bits per heavy atom. The topological polar surface area (TPSA) is 195 Å². The number of ether oxygens (including phenoxy) is 2. The monoisotopic (exact) mass is 892 g/mol. The van der Waals surface area contributed by atoms with E-state index >= 15 is 0 Å². The Kier molecular flexibility index (Phi) is 12.8. The fourth-order valence-corrected chi connectivity index (χ4v) is 10.00. The molecule has 3 aliphatic rings. The van der Waals surface area contributed by atoms with Crippen LogP contribution in [0.25, 0.3) is 44.4 Å². The average Bonchev–Trinajstić information content (AvgIpc) is 4.19. The highest BCUT2D eigenvalue weighted by Gasteiger charge is 2.40. The molecule has 66 heavy (non-hydrogen) atoms. The first-order chi connectivity index (χ1) is 32.1. The molecule has 0 saturated carbocycles. The van der Waals surface area contributed by atoms with E-state index in [0.717, 1.165) is 101 Å². The molecule has 4 aromatic carbocycles. The Hall–Kier alpha value is -7.16. The highest BCUT2D eigenvalue weighted by atomic mass is 16.5. The summed E-state index contributed by atoms with van der Waals surface area (Å²) in [6, 6.07) is 25.8. The summed E-state index contributed by atoms with van der Waals surface area (Å²) in [5.74, 6) is 1.63. The number of nitrogens with zero attached hydrogens (tertiary/aromatic N) is 4. The van der Waals surface area contributed by atoms with Crippen molar-refractivity contribution in [2.24, 2.45) is 5.92 Å². The van der Waals surface area contributed by atoms with Crippen molar-refractivity contribution in [2.45, 2.75) is 96.0 Å². The Balaban J connectivity index is 0.902. The number of hydrogen-bond acceptors (Lipinski definition) is 8. The first-order valence-electron chi connectivity index (χ1n) is 23.1. The van der Waals surface area contributed by atoms with E-state index in [-0.39, 0.29) is 29.8 Å². The van der Waals surface area contributed by atoms with Crippen LogP contribution in [0.5, 0.6) is 5.75 Å². The quantitative estimate of drug-likeness (QED) is 0.0708. The molecule has 6 aromatic rings. The van der Waals surface area contributed by atoms with Crippen molar-refractivity contribution < 1.29 is 33.8 Å². The van der Waals surface area contributed by atoms with Gasteiger partial charge in [-0.2, -0.15) is 0 Å². The van der Waals surface area contributed by atoms with Crippen molar-refractivity contribution in [1.29, 1.82) is 0 Å². The predicted molar refractivity (Wildman–Crippen MR) is 249 cm³/mol. The lowest BCUT2D eigenvalue weighted by Gasteiger charge is -2.32. The van der Waals surface area contributed by atoms with E-state index in [1.165, 1.54) is 7.11 Å². The molecule has 0 radical (unpaired) electrons. The van der Waals surface area contributed by atoms with Gasteiger partial charge in [-0.25, -0.2) is 19.6 Å². The van der Waals surface area contributed by atoms with Gasteiger partial charge in [0.1, 0.15) is 36.1 Å². The summed E-state index contributed by atoms with van der Waals surface area (Å²) in [7, 11) is 1.28. The van der Waals surface area contributed by atoms with E-state index < -0.39 is 24.3 Å². The number of methoxy groups -OCH3 is 1. The van der Waals surface area contributed by atoms with Crippen LogP contribution in [0.4, 0.5) is 9.59 Å². The number of nitrogens with one attached hydrogen (secondary N) is 4. The average molecular weight is 893 g/mol. The Labute approximate surface area is 383 Å². The van der Waals surface area contributed by atoms with Gasteiger partial charge in [-0.1, -0.05) is 93.8 Å². The van der Waals surface area contributed by atoms with Crippen LogP contribution in [0.15, 0.2) is 91.1 Å². The highest BCUT2D eigenvalue weighted by Crippen LogP contribution is 2.42. The van der Waals surface area contributed by atoms with Gasteiger partial charge >= 0.3 is 12.2 Å². The zero-order chi connectivity index (χ0) is 45.9. The summed E-state index contributed by atoms with van der Waals surface area (Å²) in [4.78, 5) is 72.6. The number of H-pyrrole nitrogens is 2. The molecule has 15 nitrogen and oxygen atoms in total. The maximum Gasteiger partial charge on any atom is 0.407 e. The minimum atomic E-state index is -1.19. The van der Waals surface area contributed by atoms with Crippen molar-refractivity contribution in [1.82, 2.24) is 40.4 Å². The number of carbonyl (C=O) groups is 4. The van der Waals surface area contributed by atoms with Crippen molar-refractivity contribution in [3.05, 3.63) is 114 Å². The molecule has 4 amide bonds. The van der Waals surface area contributed by atoms with E-state index in [2.05, 4.69) is 70.0 Å². The van der Waals surface area contributed by atoms with E-state index in [0.29, 0.717) is 43.3 Å². The molecule has 0 bridgehead atoms. The van der Waals surface area contributed by atoms with Gasteiger partial charge in [0, 0.05) is 24.2 Å². The Bertz CT molecular complexity index is 2750. The normalized spacial score (nSPS) is 17.9. The molecular formula is C51H56N8O7. The number of likely N-dealkylation sites (tertiary alicyclic amines) is 2. The van der Waals surface area contributed by atoms with Gasteiger partial charge < -0.3 is 45.0 Å². The molecule has 15 heteroatoms. The third kappa shape index (κ3) is 8.81. The van der Waals surface area contributed by atoms with Crippen molar-refractivity contribution in [3.63, 3.8) is 0 Å². The molecule has 5 atom stereocenters. The first kappa shape index (κ1) is 44.1. The van der Waals surface area contributed by atoms with Gasteiger partial charge in [-0.15, -0.1) is 0 Å². The number of fused-ring (bicyclic) bond motifs is 4. The smallest absolute Gasteiger partial charge is 0.407 e. The second-order valence-corrected chi connectivity index (χ2v) is 17.5. The number of aromatic amines is 2. The molecule has 2 saturated heterocycles. The molecular weight excluding hydrogens is 837 g/mol.